The summed E-state index contributed by atoms with van der Waals surface area (Å²) in [5.74, 6) is 0.773. The van der Waals surface area contributed by atoms with Crippen molar-refractivity contribution in [3.8, 4) is 5.88 Å². The van der Waals surface area contributed by atoms with E-state index in [4.69, 9.17) is 16.3 Å². The number of para-hydroxylation sites is 1. The summed E-state index contributed by atoms with van der Waals surface area (Å²) in [5, 5.41) is 3.20. The third-order valence-corrected chi connectivity index (χ3v) is 4.04. The third kappa shape index (κ3) is 4.14. The fraction of sp³-hybridized carbons (Fsp3) is 0.353. The highest BCUT2D eigenvalue weighted by Crippen LogP contribution is 2.21. The quantitative estimate of drug-likeness (QED) is 0.901. The lowest BCUT2D eigenvalue weighted by Crippen LogP contribution is -2.23. The number of amides is 1. The van der Waals surface area contributed by atoms with Gasteiger partial charge in [0.1, 0.15) is 0 Å². The van der Waals surface area contributed by atoms with E-state index in [9.17, 15) is 4.79 Å². The van der Waals surface area contributed by atoms with E-state index in [0.717, 1.165) is 31.6 Å². The number of carbonyl (C=O) groups excluding carboxylic acids is 1. The third-order valence-electron chi connectivity index (χ3n) is 3.71. The molecule has 2 heterocycles. The normalized spacial score (nSPS) is 13.8. The lowest BCUT2D eigenvalue weighted by atomic mass is 10.3. The fourth-order valence-corrected chi connectivity index (χ4v) is 2.73. The SMILES string of the molecule is Cc1cc(OCC(=O)Nc2ccccc2Cl)nc(N2CCCC2)n1. The first-order chi connectivity index (χ1) is 11.6. The van der Waals surface area contributed by atoms with Gasteiger partial charge in [-0.15, -0.1) is 0 Å². The number of hydrogen-bond donors (Lipinski definition) is 1. The molecule has 6 nitrogen and oxygen atoms in total. The highest BCUT2D eigenvalue weighted by Gasteiger charge is 2.16. The number of benzene rings is 1. The van der Waals surface area contributed by atoms with Crippen LogP contribution in [0.5, 0.6) is 5.88 Å². The standard InChI is InChI=1S/C17H19ClN4O2/c1-12-10-16(21-17(19-12)22-8-4-5-9-22)24-11-15(23)20-14-7-3-2-6-13(14)18/h2-3,6-7,10H,4-5,8-9,11H2,1H3,(H,20,23). The number of rotatable bonds is 5. The molecule has 1 aliphatic rings. The van der Waals surface area contributed by atoms with Gasteiger partial charge in [-0.2, -0.15) is 4.98 Å². The van der Waals surface area contributed by atoms with E-state index in [1.165, 1.54) is 0 Å². The molecule has 3 rings (SSSR count). The Balaban J connectivity index is 1.61. The molecule has 2 aromatic rings. The molecule has 0 bridgehead atoms. The van der Waals surface area contributed by atoms with Crippen LogP contribution in [-0.2, 0) is 4.79 Å². The zero-order valence-electron chi connectivity index (χ0n) is 13.5. The average Bonchev–Trinajstić information content (AvgIpc) is 3.09. The Labute approximate surface area is 145 Å². The minimum Gasteiger partial charge on any atom is -0.467 e. The second kappa shape index (κ2) is 7.49. The van der Waals surface area contributed by atoms with E-state index < -0.39 is 0 Å². The molecule has 0 aliphatic carbocycles. The maximum absolute atomic E-state index is 12.0. The Kier molecular flexibility index (Phi) is 5.15. The summed E-state index contributed by atoms with van der Waals surface area (Å²) in [4.78, 5) is 23.0. The van der Waals surface area contributed by atoms with Gasteiger partial charge in [0.05, 0.1) is 10.7 Å². The molecule has 1 aromatic heterocycles. The zero-order chi connectivity index (χ0) is 16.9. The summed E-state index contributed by atoms with van der Waals surface area (Å²) in [7, 11) is 0. The minimum atomic E-state index is -0.290. The van der Waals surface area contributed by atoms with Gasteiger partial charge in [0.2, 0.25) is 11.8 Å². The number of halogens is 1. The first-order valence-corrected chi connectivity index (χ1v) is 8.27. The summed E-state index contributed by atoms with van der Waals surface area (Å²) >= 11 is 6.02. The van der Waals surface area contributed by atoms with E-state index in [0.29, 0.717) is 22.5 Å². The van der Waals surface area contributed by atoms with Crippen LogP contribution < -0.4 is 15.0 Å². The lowest BCUT2D eigenvalue weighted by molar-refractivity contribution is -0.118. The van der Waals surface area contributed by atoms with E-state index in [1.54, 1.807) is 30.3 Å². The van der Waals surface area contributed by atoms with Crippen molar-refractivity contribution in [2.45, 2.75) is 19.8 Å². The number of ether oxygens (including phenoxy) is 1. The van der Waals surface area contributed by atoms with Crippen LogP contribution in [0.15, 0.2) is 30.3 Å². The molecule has 1 amide bonds. The zero-order valence-corrected chi connectivity index (χ0v) is 14.2. The van der Waals surface area contributed by atoms with Gasteiger partial charge >= 0.3 is 0 Å². The van der Waals surface area contributed by atoms with Crippen molar-refractivity contribution in [3.63, 3.8) is 0 Å². The largest absolute Gasteiger partial charge is 0.467 e. The van der Waals surface area contributed by atoms with Crippen LogP contribution in [0, 0.1) is 6.92 Å². The van der Waals surface area contributed by atoms with Gasteiger partial charge in [-0.1, -0.05) is 23.7 Å². The Morgan fingerprint density at radius 3 is 2.79 bits per heavy atom. The van der Waals surface area contributed by atoms with E-state index in [-0.39, 0.29) is 12.5 Å². The van der Waals surface area contributed by atoms with Crippen molar-refractivity contribution in [3.05, 3.63) is 41.0 Å². The highest BCUT2D eigenvalue weighted by molar-refractivity contribution is 6.33. The van der Waals surface area contributed by atoms with Gasteiger partial charge in [-0.05, 0) is 31.9 Å². The molecular weight excluding hydrogens is 328 g/mol. The second-order valence-electron chi connectivity index (χ2n) is 5.66. The van der Waals surface area contributed by atoms with Crippen molar-refractivity contribution >= 4 is 29.1 Å². The molecule has 0 radical (unpaired) electrons. The summed E-state index contributed by atoms with van der Waals surface area (Å²) in [5.41, 5.74) is 1.37. The lowest BCUT2D eigenvalue weighted by Gasteiger charge is -2.16. The Bertz CT molecular complexity index is 732. The van der Waals surface area contributed by atoms with Gasteiger partial charge in [-0.25, -0.2) is 4.98 Å². The second-order valence-corrected chi connectivity index (χ2v) is 6.07. The Hall–Kier alpha value is -2.34. The van der Waals surface area contributed by atoms with Crippen molar-refractivity contribution in [1.82, 2.24) is 9.97 Å². The molecule has 24 heavy (non-hydrogen) atoms. The summed E-state index contributed by atoms with van der Waals surface area (Å²) in [6, 6.07) is 8.79. The predicted molar refractivity (Wildman–Crippen MR) is 93.8 cm³/mol. The van der Waals surface area contributed by atoms with Gasteiger partial charge in [-0.3, -0.25) is 4.79 Å². The number of aromatic nitrogens is 2. The molecule has 0 saturated carbocycles. The highest BCUT2D eigenvalue weighted by atomic mass is 35.5. The van der Waals surface area contributed by atoms with Gasteiger partial charge < -0.3 is 15.0 Å². The smallest absolute Gasteiger partial charge is 0.262 e. The number of carbonyl (C=O) groups is 1. The van der Waals surface area contributed by atoms with E-state index in [1.807, 2.05) is 6.92 Å². The molecule has 1 aromatic carbocycles. The maximum Gasteiger partial charge on any atom is 0.262 e. The summed E-state index contributed by atoms with van der Waals surface area (Å²) < 4.78 is 5.53. The molecular formula is C17H19ClN4O2. The van der Waals surface area contributed by atoms with Crippen LogP contribution >= 0.6 is 11.6 Å². The molecule has 1 fully saturated rings. The van der Waals surface area contributed by atoms with Crippen LogP contribution in [0.2, 0.25) is 5.02 Å². The molecule has 1 saturated heterocycles. The fourth-order valence-electron chi connectivity index (χ4n) is 2.55. The molecule has 7 heteroatoms. The number of nitrogens with zero attached hydrogens (tertiary/aromatic N) is 3. The molecule has 0 unspecified atom stereocenters. The summed E-state index contributed by atoms with van der Waals surface area (Å²) in [6.45, 7) is 3.66. The number of nitrogens with one attached hydrogen (secondary N) is 1. The molecule has 1 aliphatic heterocycles. The van der Waals surface area contributed by atoms with Crippen molar-refractivity contribution in [1.29, 1.82) is 0 Å². The number of anilines is 2. The van der Waals surface area contributed by atoms with Crippen molar-refractivity contribution in [2.75, 3.05) is 29.9 Å². The molecule has 1 N–H and O–H groups in total. The van der Waals surface area contributed by atoms with Crippen molar-refractivity contribution < 1.29 is 9.53 Å². The number of aryl methyl sites for hydroxylation is 1. The van der Waals surface area contributed by atoms with E-state index >= 15 is 0 Å². The van der Waals surface area contributed by atoms with E-state index in [2.05, 4.69) is 20.2 Å². The molecule has 126 valence electrons. The first kappa shape index (κ1) is 16.5. The summed E-state index contributed by atoms with van der Waals surface area (Å²) in [6.07, 6.45) is 2.29. The van der Waals surface area contributed by atoms with Crippen LogP contribution in [-0.4, -0.2) is 35.6 Å². The molecule has 0 atom stereocenters. The first-order valence-electron chi connectivity index (χ1n) is 7.89. The Morgan fingerprint density at radius 1 is 1.29 bits per heavy atom. The maximum atomic E-state index is 12.0. The van der Waals surface area contributed by atoms with Crippen LogP contribution in [0.25, 0.3) is 0 Å². The predicted octanol–water partition coefficient (Wildman–Crippen LogP) is 3.06. The Morgan fingerprint density at radius 2 is 2.04 bits per heavy atom. The minimum absolute atomic E-state index is 0.138. The van der Waals surface area contributed by atoms with Crippen LogP contribution in [0.1, 0.15) is 18.5 Å². The molecule has 0 spiro atoms. The van der Waals surface area contributed by atoms with Gasteiger partial charge in [0, 0.05) is 24.8 Å². The van der Waals surface area contributed by atoms with Crippen LogP contribution in [0.4, 0.5) is 11.6 Å². The average molecular weight is 347 g/mol. The van der Waals surface area contributed by atoms with Gasteiger partial charge in [0.15, 0.2) is 6.61 Å². The van der Waals surface area contributed by atoms with Crippen molar-refractivity contribution in [2.24, 2.45) is 0 Å². The topological polar surface area (TPSA) is 67.3 Å². The van der Waals surface area contributed by atoms with Gasteiger partial charge in [0.25, 0.3) is 5.91 Å². The van der Waals surface area contributed by atoms with Crippen LogP contribution in [0.3, 0.4) is 0 Å². The monoisotopic (exact) mass is 346 g/mol. The number of hydrogen-bond acceptors (Lipinski definition) is 5.